The van der Waals surface area contributed by atoms with Crippen molar-refractivity contribution >= 4 is 35.9 Å². The van der Waals surface area contributed by atoms with Gasteiger partial charge in [0.05, 0.1) is 24.8 Å². The Morgan fingerprint density at radius 1 is 1.11 bits per heavy atom. The zero-order valence-electron chi connectivity index (χ0n) is 25.2. The number of thiocarbonyl (C=S) groups is 1. The van der Waals surface area contributed by atoms with Crippen LogP contribution in [0.4, 0.5) is 0 Å². The average Bonchev–Trinajstić information content (AvgIpc) is 3.33. The maximum Gasteiger partial charge on any atom is 0.237 e. The first-order valence-corrected chi connectivity index (χ1v) is 14.5. The Balaban J connectivity index is 0.00000924. The number of nitrogens with one attached hydrogen (secondary N) is 1. The molecule has 0 aromatic heterocycles. The van der Waals surface area contributed by atoms with Gasteiger partial charge < -0.3 is 71.3 Å². The molecule has 2 rings (SSSR count). The summed E-state index contributed by atoms with van der Waals surface area (Å²) in [6.07, 6.45) is -18.3. The van der Waals surface area contributed by atoms with E-state index in [1.54, 1.807) is 7.05 Å². The Labute approximate surface area is 267 Å². The van der Waals surface area contributed by atoms with Crippen molar-refractivity contribution in [3.05, 3.63) is 0 Å². The van der Waals surface area contributed by atoms with E-state index in [0.29, 0.717) is 18.9 Å². The van der Waals surface area contributed by atoms with E-state index < -0.39 is 97.5 Å². The number of ether oxygens (including phenoxy) is 2. The number of likely N-dealkylation sites (N-methyl/N-ethyl adjacent to an activating group) is 1. The fraction of sp³-hybridized carbons (Fsp3) is 0.923. The van der Waals surface area contributed by atoms with E-state index in [4.69, 9.17) is 26.8 Å². The number of likely N-dealkylation sites (tertiary alicyclic amines) is 1. The summed E-state index contributed by atoms with van der Waals surface area (Å²) in [7, 11) is 1.79. The van der Waals surface area contributed by atoms with Crippen LogP contribution in [-0.2, 0) is 14.3 Å². The molecule has 2 heterocycles. The highest BCUT2D eigenvalue weighted by molar-refractivity contribution is 7.79. The first-order valence-electron chi connectivity index (χ1n) is 14.1. The molecule has 2 saturated heterocycles. The Morgan fingerprint density at radius 3 is 2.20 bits per heavy atom. The molecule has 0 aliphatic carbocycles. The average molecular weight is 683 g/mol. The van der Waals surface area contributed by atoms with Crippen molar-refractivity contribution < 1.29 is 70.8 Å². The molecule has 0 radical (unpaired) electrons. The Morgan fingerprint density at radius 2 is 1.70 bits per heavy atom. The normalized spacial score (nSPS) is 33.7. The molecule has 0 aromatic rings. The number of rotatable bonds is 15. The second kappa shape index (κ2) is 18.6. The second-order valence-electron chi connectivity index (χ2n) is 11.6. The number of nitrogens with zero attached hydrogens (tertiary/aromatic N) is 1. The molecule has 9 unspecified atom stereocenters. The minimum absolute atomic E-state index is 0. The molecule has 0 saturated carbocycles. The van der Waals surface area contributed by atoms with Gasteiger partial charge in [0.1, 0.15) is 60.5 Å². The van der Waals surface area contributed by atoms with E-state index in [9.17, 15) is 50.8 Å². The van der Waals surface area contributed by atoms with Crippen molar-refractivity contribution in [1.29, 1.82) is 0 Å². The van der Waals surface area contributed by atoms with Crippen molar-refractivity contribution in [3.8, 4) is 0 Å². The number of carbonyl (C=O) groups is 1. The Bertz CT molecular complexity index is 879. The van der Waals surface area contributed by atoms with Gasteiger partial charge >= 0.3 is 0 Å². The zero-order chi connectivity index (χ0) is 32.1. The van der Waals surface area contributed by atoms with Gasteiger partial charge in [-0.2, -0.15) is 0 Å². The van der Waals surface area contributed by atoms with Crippen molar-refractivity contribution in [2.75, 3.05) is 20.2 Å². The summed E-state index contributed by atoms with van der Waals surface area (Å²) in [6.45, 7) is 4.27. The predicted molar refractivity (Wildman–Crippen MR) is 161 cm³/mol. The molecular formula is C26H51ClN2O14S. The molecule has 13 N–H and O–H groups in total. The molecule has 2 fully saturated rings. The van der Waals surface area contributed by atoms with Crippen LogP contribution in [0.2, 0.25) is 0 Å². The third kappa shape index (κ3) is 9.90. The maximum absolute atomic E-state index is 13.1. The van der Waals surface area contributed by atoms with Crippen LogP contribution in [0.5, 0.6) is 0 Å². The van der Waals surface area contributed by atoms with Gasteiger partial charge in [-0.25, -0.2) is 0 Å². The zero-order valence-corrected chi connectivity index (χ0v) is 26.8. The molecule has 16 nitrogen and oxygen atoms in total. The number of amides is 1. The molecule has 44 heavy (non-hydrogen) atoms. The van der Waals surface area contributed by atoms with Gasteiger partial charge in [-0.15, -0.1) is 12.4 Å². The third-order valence-electron chi connectivity index (χ3n) is 8.22. The predicted octanol–water partition coefficient (Wildman–Crippen LogP) is -5.05. The molecular weight excluding hydrogens is 632 g/mol. The largest absolute Gasteiger partial charge is 0.412 e. The van der Waals surface area contributed by atoms with Gasteiger partial charge in [0.15, 0.2) is 6.29 Å². The summed E-state index contributed by atoms with van der Waals surface area (Å²) < 4.78 is 11.0. The van der Waals surface area contributed by atoms with Crippen LogP contribution in [0.3, 0.4) is 0 Å². The number of hydrogen-bond acceptors (Lipinski definition) is 15. The summed E-state index contributed by atoms with van der Waals surface area (Å²) in [5.74, 6) is -0.166. The van der Waals surface area contributed by atoms with Gasteiger partial charge in [-0.05, 0) is 39.7 Å². The topological polar surface area (TPSA) is 285 Å². The molecule has 15 atom stereocenters. The van der Waals surface area contributed by atoms with E-state index in [1.807, 2.05) is 11.8 Å². The fourth-order valence-corrected chi connectivity index (χ4v) is 5.71. The number of halogens is 1. The molecule has 0 spiro atoms. The van der Waals surface area contributed by atoms with Gasteiger partial charge in [-0.1, -0.05) is 25.6 Å². The highest BCUT2D eigenvalue weighted by Gasteiger charge is 2.52. The van der Waals surface area contributed by atoms with Gasteiger partial charge in [0.25, 0.3) is 0 Å². The van der Waals surface area contributed by atoms with E-state index in [2.05, 4.69) is 5.32 Å². The third-order valence-corrected chi connectivity index (χ3v) is 8.69. The van der Waals surface area contributed by atoms with E-state index in [1.165, 1.54) is 6.92 Å². The van der Waals surface area contributed by atoms with Crippen molar-refractivity contribution in [2.24, 2.45) is 5.92 Å². The highest BCUT2D eigenvalue weighted by atomic mass is 35.5. The minimum Gasteiger partial charge on any atom is -0.412 e. The number of aliphatic hydroxyl groups excluding tert-OH is 10. The van der Waals surface area contributed by atoms with E-state index in [-0.39, 0.29) is 17.9 Å². The molecule has 262 valence electrons. The second-order valence-corrected chi connectivity index (χ2v) is 11.9. The van der Waals surface area contributed by atoms with Crippen LogP contribution in [0.1, 0.15) is 40.0 Å². The van der Waals surface area contributed by atoms with Crippen LogP contribution in [0, 0.1) is 5.92 Å². The van der Waals surface area contributed by atoms with E-state index in [0.717, 1.165) is 25.1 Å². The standard InChI is InChI=1S/C26H48N2O13S.ClH.H2O/c1-5-6-12-7-13(28(4)8-12)24(39)27-15(11(2)30)17(33)20(36)23(38)26(3,10-42)41-25-21(37)18(34)19(35)22(40-25)16(32)14(31)9-29;;/h10-23,25,29-38H,5-9H2,1-4H3,(H,27,39);1H;1H2/t11-,12?,13?,14?,15+,16?,17-,18?,19?,20+,21?,22?,23+,25?,26+;;/m1../s1. The number of carbonyl (C=O) groups excluding carboxylic acids is 1. The number of hydrogen-bond donors (Lipinski definition) is 11. The van der Waals surface area contributed by atoms with Gasteiger partial charge in [0, 0.05) is 11.9 Å². The Kier molecular flexibility index (Phi) is 18.3. The molecule has 18 heteroatoms. The lowest BCUT2D eigenvalue weighted by molar-refractivity contribution is -0.337. The lowest BCUT2D eigenvalue weighted by atomic mass is 9.88. The van der Waals surface area contributed by atoms with Crippen molar-refractivity contribution in [2.45, 2.75) is 125 Å². The molecule has 1 amide bonds. The molecule has 2 aliphatic rings. The lowest BCUT2D eigenvalue weighted by Gasteiger charge is -2.46. The monoisotopic (exact) mass is 682 g/mol. The van der Waals surface area contributed by atoms with Crippen LogP contribution in [0.15, 0.2) is 0 Å². The highest BCUT2D eigenvalue weighted by Crippen LogP contribution is 2.31. The summed E-state index contributed by atoms with van der Waals surface area (Å²) in [5.41, 5.74) is -2.11. The SMILES string of the molecule is CCCC1CC(C(=O)N[C@H]([C@@H](O)[C@H](O)[C@H](O)[C@](C)(C=S)OC2OC(C(O)C(O)CO)C(O)C(O)C2O)[C@@H](C)O)N(C)C1.Cl.O. The van der Waals surface area contributed by atoms with Gasteiger partial charge in [-0.3, -0.25) is 9.69 Å². The van der Waals surface area contributed by atoms with Crippen molar-refractivity contribution in [1.82, 2.24) is 10.2 Å². The van der Waals surface area contributed by atoms with Crippen LogP contribution in [0.25, 0.3) is 0 Å². The van der Waals surface area contributed by atoms with Crippen molar-refractivity contribution in [3.63, 3.8) is 0 Å². The smallest absolute Gasteiger partial charge is 0.237 e. The first-order chi connectivity index (χ1) is 19.5. The summed E-state index contributed by atoms with van der Waals surface area (Å²) in [6, 6.07) is -1.95. The first kappa shape index (κ1) is 43.3. The molecule has 0 bridgehead atoms. The molecule has 2 aliphatic heterocycles. The summed E-state index contributed by atoms with van der Waals surface area (Å²) in [5, 5.41) is 107. The quantitative estimate of drug-likeness (QED) is 0.0721. The summed E-state index contributed by atoms with van der Waals surface area (Å²) in [4.78, 5) is 14.9. The number of aliphatic hydroxyl groups is 10. The van der Waals surface area contributed by atoms with E-state index >= 15 is 0 Å². The van der Waals surface area contributed by atoms with Crippen LogP contribution in [-0.4, -0.2) is 178 Å². The summed E-state index contributed by atoms with van der Waals surface area (Å²) >= 11 is 4.98. The Hall–Kier alpha value is -0.710. The van der Waals surface area contributed by atoms with Crippen LogP contribution < -0.4 is 5.32 Å². The lowest BCUT2D eigenvalue weighted by Crippen LogP contribution is -2.66. The maximum atomic E-state index is 13.1. The molecule has 0 aromatic carbocycles. The van der Waals surface area contributed by atoms with Crippen LogP contribution >= 0.6 is 24.6 Å². The van der Waals surface area contributed by atoms with Gasteiger partial charge in [0.2, 0.25) is 5.91 Å². The fourth-order valence-electron chi connectivity index (χ4n) is 5.52. The minimum atomic E-state index is -2.11.